The van der Waals surface area contributed by atoms with Crippen molar-refractivity contribution in [1.29, 1.82) is 0 Å². The summed E-state index contributed by atoms with van der Waals surface area (Å²) in [5.41, 5.74) is 4.34. The Labute approximate surface area is 178 Å². The average Bonchev–Trinajstić information content (AvgIpc) is 3.37. The Kier molecular flexibility index (Phi) is 4.88. The molecule has 4 aromatic heterocycles. The summed E-state index contributed by atoms with van der Waals surface area (Å²) in [5.74, 6) is 1.33. The minimum Gasteiger partial charge on any atom is -0.481 e. The van der Waals surface area contributed by atoms with Gasteiger partial charge in [-0.25, -0.2) is 9.97 Å². The molecule has 6 aromatic rings. The Morgan fingerprint density at radius 2 is 1.19 bits per heavy atom. The van der Waals surface area contributed by atoms with Crippen LogP contribution in [0.4, 0.5) is 0 Å². The summed E-state index contributed by atoms with van der Waals surface area (Å²) in [6.07, 6.45) is 3.62. The maximum Gasteiger partial charge on any atom is 0.213 e. The molecule has 4 heterocycles. The van der Waals surface area contributed by atoms with Crippen molar-refractivity contribution in [3.05, 3.63) is 73.1 Å². The maximum absolute atomic E-state index is 5.41. The number of nitrogens with one attached hydrogen (secondary N) is 2. The summed E-state index contributed by atoms with van der Waals surface area (Å²) < 4.78 is 10.5. The minimum atomic E-state index is 0.640. The number of hydrogen-bond donors (Lipinski definition) is 2. The van der Waals surface area contributed by atoms with Gasteiger partial charge in [-0.05, 0) is 19.1 Å². The standard InChI is InChI=1S/C13H12N2O.C12H10N2O/c1-2-16-13-7-10-9-5-3-4-6-11(9)15-12(10)8-14-13;1-15-12-6-9-8-4-2-3-5-10(8)14-11(9)7-13-12/h3-8,15H,2H2,1H3;2-7,14H,1H3. The Morgan fingerprint density at radius 1 is 0.677 bits per heavy atom. The first kappa shape index (κ1) is 18.9. The molecule has 0 aliphatic heterocycles. The number of fused-ring (bicyclic) bond motifs is 6. The molecular weight excluding hydrogens is 388 g/mol. The number of methoxy groups -OCH3 is 1. The van der Waals surface area contributed by atoms with E-state index in [0.717, 1.165) is 32.8 Å². The maximum atomic E-state index is 5.41. The van der Waals surface area contributed by atoms with Crippen molar-refractivity contribution < 1.29 is 9.47 Å². The van der Waals surface area contributed by atoms with E-state index in [0.29, 0.717) is 18.4 Å². The Hall–Kier alpha value is -4.06. The van der Waals surface area contributed by atoms with Crippen LogP contribution >= 0.6 is 0 Å². The monoisotopic (exact) mass is 410 g/mol. The van der Waals surface area contributed by atoms with Crippen molar-refractivity contribution in [1.82, 2.24) is 19.9 Å². The fraction of sp³-hybridized carbons (Fsp3) is 0.120. The third-order valence-corrected chi connectivity index (χ3v) is 5.23. The van der Waals surface area contributed by atoms with Crippen LogP contribution in [-0.2, 0) is 0 Å². The number of pyridine rings is 2. The lowest BCUT2D eigenvalue weighted by Gasteiger charge is -2.00. The molecule has 6 heteroatoms. The van der Waals surface area contributed by atoms with Crippen LogP contribution in [0.15, 0.2) is 73.1 Å². The first-order valence-corrected chi connectivity index (χ1v) is 10.2. The lowest BCUT2D eigenvalue weighted by molar-refractivity contribution is 0.327. The van der Waals surface area contributed by atoms with Gasteiger partial charge < -0.3 is 19.4 Å². The quantitative estimate of drug-likeness (QED) is 0.384. The molecule has 0 amide bonds. The molecule has 2 N–H and O–H groups in total. The van der Waals surface area contributed by atoms with E-state index < -0.39 is 0 Å². The summed E-state index contributed by atoms with van der Waals surface area (Å²) in [6, 6.07) is 20.4. The Bertz CT molecular complexity index is 1500. The van der Waals surface area contributed by atoms with Gasteiger partial charge in [-0.1, -0.05) is 36.4 Å². The first-order chi connectivity index (χ1) is 15.3. The summed E-state index contributed by atoms with van der Waals surface area (Å²) in [5, 5.41) is 4.72. The van der Waals surface area contributed by atoms with Crippen LogP contribution in [-0.4, -0.2) is 33.7 Å². The van der Waals surface area contributed by atoms with Gasteiger partial charge in [0.25, 0.3) is 0 Å². The molecule has 0 fully saturated rings. The highest BCUT2D eigenvalue weighted by Crippen LogP contribution is 2.27. The first-order valence-electron chi connectivity index (χ1n) is 10.2. The molecule has 6 rings (SSSR count). The molecule has 0 aliphatic rings. The Morgan fingerprint density at radius 3 is 1.74 bits per heavy atom. The average molecular weight is 410 g/mol. The third-order valence-electron chi connectivity index (χ3n) is 5.23. The topological polar surface area (TPSA) is 75.8 Å². The molecule has 0 saturated carbocycles. The highest BCUT2D eigenvalue weighted by Gasteiger charge is 2.06. The molecule has 0 atom stereocenters. The molecular formula is C25H22N4O2. The fourth-order valence-corrected chi connectivity index (χ4v) is 3.80. The molecule has 0 radical (unpaired) electrons. The van der Waals surface area contributed by atoms with Gasteiger partial charge in [0.05, 0.1) is 37.1 Å². The van der Waals surface area contributed by atoms with Crippen molar-refractivity contribution in [3.63, 3.8) is 0 Å². The number of hydrogen-bond acceptors (Lipinski definition) is 4. The zero-order valence-electron chi connectivity index (χ0n) is 17.3. The summed E-state index contributed by atoms with van der Waals surface area (Å²) in [6.45, 7) is 2.60. The van der Waals surface area contributed by atoms with Crippen molar-refractivity contribution in [2.45, 2.75) is 6.92 Å². The van der Waals surface area contributed by atoms with Gasteiger partial charge in [-0.15, -0.1) is 0 Å². The SMILES string of the molecule is CCOc1cc2c(cn1)[nH]c1ccccc12.COc1cc2c(cn1)[nH]c1ccccc12. The second-order valence-electron chi connectivity index (χ2n) is 7.11. The number of para-hydroxylation sites is 2. The lowest BCUT2D eigenvalue weighted by Crippen LogP contribution is -1.93. The molecule has 0 bridgehead atoms. The highest BCUT2D eigenvalue weighted by molar-refractivity contribution is 6.07. The molecule has 2 aromatic carbocycles. The normalized spacial score (nSPS) is 11.0. The van der Waals surface area contributed by atoms with Crippen molar-refractivity contribution in [2.24, 2.45) is 0 Å². The molecule has 0 unspecified atom stereocenters. The van der Waals surface area contributed by atoms with E-state index in [9.17, 15) is 0 Å². The van der Waals surface area contributed by atoms with Crippen LogP contribution in [0.1, 0.15) is 6.92 Å². The van der Waals surface area contributed by atoms with Crippen molar-refractivity contribution >= 4 is 43.6 Å². The molecule has 0 spiro atoms. The van der Waals surface area contributed by atoms with E-state index >= 15 is 0 Å². The molecule has 0 saturated heterocycles. The van der Waals surface area contributed by atoms with E-state index in [1.54, 1.807) is 13.3 Å². The number of rotatable bonds is 3. The molecule has 6 nitrogen and oxygen atoms in total. The Balaban J connectivity index is 0.000000132. The number of aromatic amines is 2. The van der Waals surface area contributed by atoms with E-state index in [4.69, 9.17) is 9.47 Å². The number of H-pyrrole nitrogens is 2. The van der Waals surface area contributed by atoms with Crippen LogP contribution in [0.25, 0.3) is 43.6 Å². The van der Waals surface area contributed by atoms with E-state index in [1.807, 2.05) is 49.5 Å². The van der Waals surface area contributed by atoms with Gasteiger partial charge in [-0.3, -0.25) is 0 Å². The second-order valence-corrected chi connectivity index (χ2v) is 7.11. The van der Waals surface area contributed by atoms with Gasteiger partial charge >= 0.3 is 0 Å². The number of ether oxygens (including phenoxy) is 2. The highest BCUT2D eigenvalue weighted by atomic mass is 16.5. The predicted octanol–water partition coefficient (Wildman–Crippen LogP) is 5.84. The van der Waals surface area contributed by atoms with E-state index in [2.05, 4.69) is 44.2 Å². The lowest BCUT2D eigenvalue weighted by atomic mass is 10.2. The largest absolute Gasteiger partial charge is 0.481 e. The van der Waals surface area contributed by atoms with Crippen LogP contribution < -0.4 is 9.47 Å². The molecule has 154 valence electrons. The van der Waals surface area contributed by atoms with E-state index in [1.165, 1.54) is 10.8 Å². The van der Waals surface area contributed by atoms with Gasteiger partial charge in [0.2, 0.25) is 11.8 Å². The third kappa shape index (κ3) is 3.53. The van der Waals surface area contributed by atoms with Gasteiger partial charge in [0.1, 0.15) is 0 Å². The number of aromatic nitrogens is 4. The van der Waals surface area contributed by atoms with Crippen LogP contribution in [0, 0.1) is 0 Å². The summed E-state index contributed by atoms with van der Waals surface area (Å²) in [4.78, 5) is 15.0. The number of benzene rings is 2. The van der Waals surface area contributed by atoms with E-state index in [-0.39, 0.29) is 0 Å². The van der Waals surface area contributed by atoms with Gasteiger partial charge in [-0.2, -0.15) is 0 Å². The van der Waals surface area contributed by atoms with Gasteiger partial charge in [0, 0.05) is 44.7 Å². The summed E-state index contributed by atoms with van der Waals surface area (Å²) >= 11 is 0. The second kappa shape index (κ2) is 7.99. The smallest absolute Gasteiger partial charge is 0.213 e. The molecule has 31 heavy (non-hydrogen) atoms. The zero-order valence-corrected chi connectivity index (χ0v) is 17.3. The minimum absolute atomic E-state index is 0.640. The number of nitrogens with zero attached hydrogens (tertiary/aromatic N) is 2. The van der Waals surface area contributed by atoms with Crippen LogP contribution in [0.5, 0.6) is 11.8 Å². The van der Waals surface area contributed by atoms with Crippen molar-refractivity contribution in [2.75, 3.05) is 13.7 Å². The van der Waals surface area contributed by atoms with Crippen LogP contribution in [0.2, 0.25) is 0 Å². The molecule has 0 aliphatic carbocycles. The summed E-state index contributed by atoms with van der Waals surface area (Å²) in [7, 11) is 1.63. The van der Waals surface area contributed by atoms with Gasteiger partial charge in [0.15, 0.2) is 0 Å². The van der Waals surface area contributed by atoms with Crippen LogP contribution in [0.3, 0.4) is 0 Å². The van der Waals surface area contributed by atoms with Crippen molar-refractivity contribution in [3.8, 4) is 11.8 Å². The zero-order chi connectivity index (χ0) is 21.2. The predicted molar refractivity (Wildman–Crippen MR) is 125 cm³/mol. The fourth-order valence-electron chi connectivity index (χ4n) is 3.80.